The lowest BCUT2D eigenvalue weighted by Gasteiger charge is -1.96. The van der Waals surface area contributed by atoms with Crippen LogP contribution in [-0.4, -0.2) is 21.0 Å². The fraction of sp³-hybridized carbons (Fsp3) is 0.0769. The van der Waals surface area contributed by atoms with Gasteiger partial charge in [-0.1, -0.05) is 12.1 Å². The number of rotatable bonds is 5. The van der Waals surface area contributed by atoms with E-state index >= 15 is 0 Å². The number of carbonyl (C=O) groups is 1. The molecule has 106 valence electrons. The summed E-state index contributed by atoms with van der Waals surface area (Å²) in [5, 5.41) is 27.0. The minimum atomic E-state index is -1.06. The van der Waals surface area contributed by atoms with Crippen molar-refractivity contribution in [1.82, 2.24) is 4.98 Å². The molecule has 0 spiro atoms. The maximum atomic E-state index is 10.6. The van der Waals surface area contributed by atoms with Gasteiger partial charge in [-0.15, -0.1) is 5.11 Å². The monoisotopic (exact) mass is 286 g/mol. The van der Waals surface area contributed by atoms with E-state index < -0.39 is 10.9 Å². The Morgan fingerprint density at radius 2 is 1.95 bits per heavy atom. The smallest absolute Gasteiger partial charge is 0.337 e. The van der Waals surface area contributed by atoms with Crippen molar-refractivity contribution < 1.29 is 14.8 Å². The van der Waals surface area contributed by atoms with Crippen molar-refractivity contribution >= 4 is 17.5 Å². The molecule has 8 nitrogen and oxygen atoms in total. The van der Waals surface area contributed by atoms with E-state index in [-0.39, 0.29) is 17.8 Å². The Hall–Kier alpha value is -3.16. The number of benzene rings is 1. The third-order valence-corrected chi connectivity index (χ3v) is 2.57. The lowest BCUT2D eigenvalue weighted by Crippen LogP contribution is -1.95. The van der Waals surface area contributed by atoms with E-state index in [1.165, 1.54) is 30.5 Å². The fourth-order valence-corrected chi connectivity index (χ4v) is 1.48. The normalized spacial score (nSPS) is 10.7. The molecule has 0 bridgehead atoms. The van der Waals surface area contributed by atoms with Crippen LogP contribution in [0.3, 0.4) is 0 Å². The molecule has 0 aliphatic rings. The van der Waals surface area contributed by atoms with Crippen LogP contribution >= 0.6 is 0 Å². The van der Waals surface area contributed by atoms with Crippen LogP contribution < -0.4 is 0 Å². The summed E-state index contributed by atoms with van der Waals surface area (Å²) in [6.45, 7) is 0.250. The van der Waals surface area contributed by atoms with Gasteiger partial charge < -0.3 is 5.11 Å². The maximum Gasteiger partial charge on any atom is 0.337 e. The summed E-state index contributed by atoms with van der Waals surface area (Å²) in [5.74, 6) is -0.765. The van der Waals surface area contributed by atoms with Crippen LogP contribution in [0, 0.1) is 10.1 Å². The summed E-state index contributed by atoms with van der Waals surface area (Å²) in [6.07, 6.45) is 1.20. The number of azo groups is 1. The van der Waals surface area contributed by atoms with E-state index in [0.29, 0.717) is 5.82 Å². The van der Waals surface area contributed by atoms with Crippen LogP contribution in [0.4, 0.5) is 11.5 Å². The number of non-ortho nitro benzene ring substituents is 1. The summed E-state index contributed by atoms with van der Waals surface area (Å²) < 4.78 is 0. The second-order valence-corrected chi connectivity index (χ2v) is 4.03. The van der Waals surface area contributed by atoms with Gasteiger partial charge in [-0.25, -0.2) is 9.78 Å². The number of hydrogen-bond donors (Lipinski definition) is 1. The molecule has 0 radical (unpaired) electrons. The molecule has 0 aliphatic carbocycles. The standard InChI is InChI=1S/C13H10N4O4/c18-13(19)10-3-6-12(14-8-10)16-15-7-9-1-4-11(5-2-9)17(20)21/h1-6,8H,7H2,(H,18,19). The molecule has 8 heteroatoms. The lowest BCUT2D eigenvalue weighted by atomic mass is 10.2. The quantitative estimate of drug-likeness (QED) is 0.515. The zero-order valence-electron chi connectivity index (χ0n) is 10.7. The molecule has 2 aromatic rings. The molecule has 0 atom stereocenters. The van der Waals surface area contributed by atoms with Gasteiger partial charge in [0.15, 0.2) is 5.82 Å². The summed E-state index contributed by atoms with van der Waals surface area (Å²) >= 11 is 0. The first-order valence-corrected chi connectivity index (χ1v) is 5.86. The Morgan fingerprint density at radius 1 is 1.24 bits per heavy atom. The van der Waals surface area contributed by atoms with Crippen LogP contribution in [0.2, 0.25) is 0 Å². The van der Waals surface area contributed by atoms with Crippen molar-refractivity contribution in [3.8, 4) is 0 Å². The summed E-state index contributed by atoms with van der Waals surface area (Å²) in [5.41, 5.74) is 0.859. The highest BCUT2D eigenvalue weighted by atomic mass is 16.6. The van der Waals surface area contributed by atoms with E-state index in [4.69, 9.17) is 5.11 Å². The number of nitro groups is 1. The number of aromatic nitrogens is 1. The molecule has 21 heavy (non-hydrogen) atoms. The number of nitro benzene ring substituents is 1. The second-order valence-electron chi connectivity index (χ2n) is 4.03. The van der Waals surface area contributed by atoms with Gasteiger partial charge in [0, 0.05) is 18.3 Å². The van der Waals surface area contributed by atoms with Gasteiger partial charge in [-0.2, -0.15) is 5.11 Å². The average molecular weight is 286 g/mol. The predicted molar refractivity (Wildman–Crippen MR) is 72.5 cm³/mol. The molecular weight excluding hydrogens is 276 g/mol. The molecule has 0 amide bonds. The third kappa shape index (κ3) is 3.90. The van der Waals surface area contributed by atoms with Crippen molar-refractivity contribution in [2.45, 2.75) is 6.54 Å². The van der Waals surface area contributed by atoms with E-state index in [2.05, 4.69) is 15.2 Å². The topological polar surface area (TPSA) is 118 Å². The summed E-state index contributed by atoms with van der Waals surface area (Å²) in [7, 11) is 0. The van der Waals surface area contributed by atoms with Crippen LogP contribution in [-0.2, 0) is 6.54 Å². The lowest BCUT2D eigenvalue weighted by molar-refractivity contribution is -0.384. The number of pyridine rings is 1. The largest absolute Gasteiger partial charge is 0.478 e. The summed E-state index contributed by atoms with van der Waals surface area (Å²) in [4.78, 5) is 24.5. The van der Waals surface area contributed by atoms with Crippen LogP contribution in [0.1, 0.15) is 15.9 Å². The van der Waals surface area contributed by atoms with Crippen LogP contribution in [0.5, 0.6) is 0 Å². The van der Waals surface area contributed by atoms with Gasteiger partial charge in [-0.05, 0) is 17.7 Å². The van der Waals surface area contributed by atoms with E-state index in [9.17, 15) is 14.9 Å². The number of carboxylic acid groups (broad SMARTS) is 1. The van der Waals surface area contributed by atoms with Crippen LogP contribution in [0.15, 0.2) is 52.8 Å². The molecule has 0 saturated carbocycles. The first-order chi connectivity index (χ1) is 10.1. The van der Waals surface area contributed by atoms with Crippen LogP contribution in [0.25, 0.3) is 0 Å². The van der Waals surface area contributed by atoms with Crippen molar-refractivity contribution in [3.63, 3.8) is 0 Å². The molecule has 1 N–H and O–H groups in total. The minimum Gasteiger partial charge on any atom is -0.478 e. The summed E-state index contributed by atoms with van der Waals surface area (Å²) in [6, 6.07) is 8.81. The Bertz CT molecular complexity index is 680. The molecule has 0 unspecified atom stereocenters. The highest BCUT2D eigenvalue weighted by molar-refractivity contribution is 5.87. The Balaban J connectivity index is 1.98. The molecular formula is C13H10N4O4. The number of hydrogen-bond acceptors (Lipinski definition) is 6. The van der Waals surface area contributed by atoms with Crippen molar-refractivity contribution in [2.24, 2.45) is 10.2 Å². The fourth-order valence-electron chi connectivity index (χ4n) is 1.48. The van der Waals surface area contributed by atoms with Crippen molar-refractivity contribution in [1.29, 1.82) is 0 Å². The Morgan fingerprint density at radius 3 is 2.48 bits per heavy atom. The molecule has 1 heterocycles. The highest BCUT2D eigenvalue weighted by Crippen LogP contribution is 2.14. The zero-order chi connectivity index (χ0) is 15.2. The highest BCUT2D eigenvalue weighted by Gasteiger charge is 2.04. The van der Waals surface area contributed by atoms with Gasteiger partial charge in [-0.3, -0.25) is 10.1 Å². The van der Waals surface area contributed by atoms with E-state index in [1.54, 1.807) is 12.1 Å². The van der Waals surface area contributed by atoms with E-state index in [0.717, 1.165) is 5.56 Å². The second kappa shape index (κ2) is 6.33. The first kappa shape index (κ1) is 14.3. The predicted octanol–water partition coefficient (Wildman–Crippen LogP) is 2.97. The van der Waals surface area contributed by atoms with Gasteiger partial charge in [0.25, 0.3) is 5.69 Å². The third-order valence-electron chi connectivity index (χ3n) is 2.57. The molecule has 2 rings (SSSR count). The minimum absolute atomic E-state index is 0.0154. The average Bonchev–Trinajstić information content (AvgIpc) is 2.48. The number of carboxylic acids is 1. The van der Waals surface area contributed by atoms with E-state index in [1.807, 2.05) is 0 Å². The van der Waals surface area contributed by atoms with Gasteiger partial charge in [0.1, 0.15) is 0 Å². The van der Waals surface area contributed by atoms with Gasteiger partial charge >= 0.3 is 5.97 Å². The molecule has 0 fully saturated rings. The molecule has 0 aliphatic heterocycles. The maximum absolute atomic E-state index is 10.6. The van der Waals surface area contributed by atoms with Gasteiger partial charge in [0.05, 0.1) is 17.0 Å². The SMILES string of the molecule is O=C(O)c1ccc(N=NCc2ccc([N+](=O)[O-])cc2)nc1. The number of nitrogens with zero attached hydrogens (tertiary/aromatic N) is 4. The van der Waals surface area contributed by atoms with Gasteiger partial charge in [0.2, 0.25) is 0 Å². The molecule has 1 aromatic heterocycles. The Labute approximate surface area is 118 Å². The van der Waals surface area contributed by atoms with Crippen molar-refractivity contribution in [3.05, 3.63) is 63.8 Å². The first-order valence-electron chi connectivity index (χ1n) is 5.86. The number of aromatic carboxylic acids is 1. The molecule has 0 saturated heterocycles. The Kier molecular flexibility index (Phi) is 4.30. The molecule has 1 aromatic carbocycles. The van der Waals surface area contributed by atoms with Crippen molar-refractivity contribution in [2.75, 3.05) is 0 Å². The zero-order valence-corrected chi connectivity index (χ0v) is 10.7.